The molecule has 0 saturated carbocycles. The maximum absolute atomic E-state index is 10.8. The highest BCUT2D eigenvalue weighted by Crippen LogP contribution is 1.90. The van der Waals surface area contributed by atoms with Gasteiger partial charge in [0.15, 0.2) is 0 Å². The summed E-state index contributed by atoms with van der Waals surface area (Å²) in [4.78, 5) is 10.8. The molecule has 3 N–H and O–H groups in total. The standard InChI is InChI=1S/C6H13IN2O2/c1-5(7)8-9-6(11)3-2-4-10/h5,8,10H,2-4H2,1H3,(H,9,11). The molecule has 0 aliphatic carbocycles. The molecule has 0 aliphatic heterocycles. The molecule has 0 aromatic carbocycles. The van der Waals surface area contributed by atoms with Gasteiger partial charge < -0.3 is 5.11 Å². The molecule has 0 heterocycles. The summed E-state index contributed by atoms with van der Waals surface area (Å²) in [6, 6.07) is 0. The van der Waals surface area contributed by atoms with E-state index in [1.165, 1.54) is 0 Å². The fourth-order valence-corrected chi connectivity index (χ4v) is 0.638. The number of aliphatic hydroxyl groups excluding tert-OH is 1. The number of hydrazine groups is 1. The first kappa shape index (κ1) is 11.1. The van der Waals surface area contributed by atoms with Crippen molar-refractivity contribution in [2.45, 2.75) is 23.8 Å². The summed E-state index contributed by atoms with van der Waals surface area (Å²) >= 11 is 2.14. The number of alkyl halides is 1. The molecule has 1 atom stereocenters. The van der Waals surface area contributed by atoms with Crippen molar-refractivity contribution in [2.75, 3.05) is 6.61 Å². The maximum Gasteiger partial charge on any atom is 0.234 e. The van der Waals surface area contributed by atoms with Crippen molar-refractivity contribution in [3.05, 3.63) is 0 Å². The Labute approximate surface area is 79.9 Å². The highest BCUT2D eigenvalue weighted by molar-refractivity contribution is 14.1. The summed E-state index contributed by atoms with van der Waals surface area (Å²) in [7, 11) is 0. The minimum atomic E-state index is -0.0810. The number of hydrogen-bond donors (Lipinski definition) is 3. The van der Waals surface area contributed by atoms with Gasteiger partial charge in [-0.1, -0.05) is 22.6 Å². The van der Waals surface area contributed by atoms with Crippen molar-refractivity contribution < 1.29 is 9.90 Å². The average molecular weight is 272 g/mol. The van der Waals surface area contributed by atoms with Crippen molar-refractivity contribution >= 4 is 28.5 Å². The lowest BCUT2D eigenvalue weighted by atomic mass is 10.3. The number of rotatable bonds is 5. The SMILES string of the molecule is CC(I)NNC(=O)CCCO. The first-order valence-electron chi connectivity index (χ1n) is 3.46. The molecule has 1 unspecified atom stereocenters. The summed E-state index contributed by atoms with van der Waals surface area (Å²) in [6.45, 7) is 1.99. The van der Waals surface area contributed by atoms with Gasteiger partial charge in [0, 0.05) is 13.0 Å². The van der Waals surface area contributed by atoms with E-state index in [0.717, 1.165) is 0 Å². The summed E-state index contributed by atoms with van der Waals surface area (Å²) in [5.74, 6) is -0.0810. The molecule has 0 saturated heterocycles. The van der Waals surface area contributed by atoms with E-state index in [1.807, 2.05) is 6.92 Å². The van der Waals surface area contributed by atoms with Crippen LogP contribution in [0.2, 0.25) is 0 Å². The predicted molar refractivity (Wildman–Crippen MR) is 51.1 cm³/mol. The molecule has 0 aromatic heterocycles. The zero-order chi connectivity index (χ0) is 8.69. The Kier molecular flexibility index (Phi) is 6.88. The van der Waals surface area contributed by atoms with E-state index in [1.54, 1.807) is 0 Å². The van der Waals surface area contributed by atoms with Crippen LogP contribution in [0.3, 0.4) is 0 Å². The van der Waals surface area contributed by atoms with Gasteiger partial charge >= 0.3 is 0 Å². The Morgan fingerprint density at radius 2 is 2.36 bits per heavy atom. The fourth-order valence-electron chi connectivity index (χ4n) is 0.482. The van der Waals surface area contributed by atoms with Gasteiger partial charge in [0.05, 0.1) is 4.05 Å². The zero-order valence-electron chi connectivity index (χ0n) is 6.43. The van der Waals surface area contributed by atoms with E-state index >= 15 is 0 Å². The third kappa shape index (κ3) is 8.02. The van der Waals surface area contributed by atoms with Crippen LogP contribution in [-0.4, -0.2) is 21.7 Å². The van der Waals surface area contributed by atoms with Crippen molar-refractivity contribution in [1.29, 1.82) is 0 Å². The van der Waals surface area contributed by atoms with Crippen LogP contribution in [0.15, 0.2) is 0 Å². The van der Waals surface area contributed by atoms with Gasteiger partial charge in [0.1, 0.15) is 0 Å². The Hall–Kier alpha value is 0.120. The minimum Gasteiger partial charge on any atom is -0.396 e. The van der Waals surface area contributed by atoms with Crippen LogP contribution < -0.4 is 10.9 Å². The second kappa shape index (κ2) is 6.81. The Morgan fingerprint density at radius 1 is 1.73 bits per heavy atom. The van der Waals surface area contributed by atoms with Crippen molar-refractivity contribution in [2.24, 2.45) is 0 Å². The van der Waals surface area contributed by atoms with Crippen LogP contribution in [-0.2, 0) is 4.79 Å². The number of aliphatic hydroxyl groups is 1. The lowest BCUT2D eigenvalue weighted by Crippen LogP contribution is -2.40. The quantitative estimate of drug-likeness (QED) is 0.289. The van der Waals surface area contributed by atoms with Gasteiger partial charge in [0.25, 0.3) is 0 Å². The van der Waals surface area contributed by atoms with Crippen LogP contribution in [0.5, 0.6) is 0 Å². The van der Waals surface area contributed by atoms with Crippen LogP contribution in [0.1, 0.15) is 19.8 Å². The Bertz CT molecular complexity index is 119. The average Bonchev–Trinajstić information content (AvgIpc) is 1.97. The minimum absolute atomic E-state index is 0.0627. The second-order valence-electron chi connectivity index (χ2n) is 2.14. The number of carbonyl (C=O) groups is 1. The van der Waals surface area contributed by atoms with Gasteiger partial charge in [0.2, 0.25) is 5.91 Å². The third-order valence-corrected chi connectivity index (χ3v) is 1.28. The largest absolute Gasteiger partial charge is 0.396 e. The van der Waals surface area contributed by atoms with E-state index in [9.17, 15) is 4.79 Å². The number of halogens is 1. The molecule has 1 amide bonds. The molecular formula is C6H13IN2O2. The Balaban J connectivity index is 3.23. The van der Waals surface area contributed by atoms with Crippen molar-refractivity contribution in [3.8, 4) is 0 Å². The maximum atomic E-state index is 10.8. The summed E-state index contributed by atoms with van der Waals surface area (Å²) in [5.41, 5.74) is 5.27. The number of carbonyl (C=O) groups excluding carboxylic acids is 1. The number of amides is 1. The van der Waals surface area contributed by atoms with Gasteiger partial charge in [-0.15, -0.1) is 0 Å². The van der Waals surface area contributed by atoms with Crippen LogP contribution >= 0.6 is 22.6 Å². The van der Waals surface area contributed by atoms with Gasteiger partial charge in [-0.05, 0) is 13.3 Å². The van der Waals surface area contributed by atoms with Crippen LogP contribution in [0, 0.1) is 0 Å². The van der Waals surface area contributed by atoms with Gasteiger partial charge in [-0.25, -0.2) is 5.43 Å². The van der Waals surface area contributed by atoms with Gasteiger partial charge in [-0.3, -0.25) is 10.2 Å². The number of hydrogen-bond acceptors (Lipinski definition) is 3. The monoisotopic (exact) mass is 272 g/mol. The normalized spacial score (nSPS) is 12.6. The molecule has 66 valence electrons. The fraction of sp³-hybridized carbons (Fsp3) is 0.833. The molecule has 0 aliphatic rings. The lowest BCUT2D eigenvalue weighted by molar-refractivity contribution is -0.122. The molecule has 0 radical (unpaired) electrons. The smallest absolute Gasteiger partial charge is 0.234 e. The summed E-state index contributed by atoms with van der Waals surface area (Å²) in [5, 5.41) is 8.39. The van der Waals surface area contributed by atoms with Crippen LogP contribution in [0.25, 0.3) is 0 Å². The van der Waals surface area contributed by atoms with E-state index in [-0.39, 0.29) is 16.6 Å². The van der Waals surface area contributed by atoms with E-state index in [4.69, 9.17) is 5.11 Å². The topological polar surface area (TPSA) is 61.4 Å². The second-order valence-corrected chi connectivity index (χ2v) is 4.00. The highest BCUT2D eigenvalue weighted by Gasteiger charge is 1.99. The van der Waals surface area contributed by atoms with Gasteiger partial charge in [-0.2, -0.15) is 0 Å². The third-order valence-electron chi connectivity index (χ3n) is 0.972. The number of nitrogens with one attached hydrogen (secondary N) is 2. The van der Waals surface area contributed by atoms with Crippen LogP contribution in [0.4, 0.5) is 0 Å². The zero-order valence-corrected chi connectivity index (χ0v) is 8.59. The highest BCUT2D eigenvalue weighted by atomic mass is 127. The van der Waals surface area contributed by atoms with E-state index in [0.29, 0.717) is 12.8 Å². The summed E-state index contributed by atoms with van der Waals surface area (Å²) < 4.78 is 0.214. The molecule has 11 heavy (non-hydrogen) atoms. The van der Waals surface area contributed by atoms with E-state index < -0.39 is 0 Å². The predicted octanol–water partition coefficient (Wildman–Crippen LogP) is 0.161. The molecule has 0 fully saturated rings. The molecular weight excluding hydrogens is 259 g/mol. The van der Waals surface area contributed by atoms with Crippen molar-refractivity contribution in [3.63, 3.8) is 0 Å². The summed E-state index contributed by atoms with van der Waals surface area (Å²) in [6.07, 6.45) is 0.885. The molecule has 5 heteroatoms. The lowest BCUT2D eigenvalue weighted by Gasteiger charge is -2.07. The van der Waals surface area contributed by atoms with E-state index in [2.05, 4.69) is 33.4 Å². The molecule has 0 rings (SSSR count). The van der Waals surface area contributed by atoms with Crippen molar-refractivity contribution in [1.82, 2.24) is 10.9 Å². The Morgan fingerprint density at radius 3 is 2.82 bits per heavy atom. The molecule has 0 bridgehead atoms. The molecule has 4 nitrogen and oxygen atoms in total. The molecule has 0 spiro atoms. The first-order chi connectivity index (χ1) is 5.16. The molecule has 0 aromatic rings. The first-order valence-corrected chi connectivity index (χ1v) is 4.70.